The van der Waals surface area contributed by atoms with Crippen molar-refractivity contribution in [2.24, 2.45) is 0 Å². The largest absolute Gasteiger partial charge is 0.497 e. The molecule has 0 saturated carbocycles. The molecule has 3 rings (SSSR count). The Hall–Kier alpha value is -2.90. The van der Waals surface area contributed by atoms with Crippen LogP contribution in [0, 0.1) is 13.8 Å². The first kappa shape index (κ1) is 20.8. The molecule has 0 fully saturated rings. The van der Waals surface area contributed by atoms with Crippen molar-refractivity contribution in [3.63, 3.8) is 0 Å². The van der Waals surface area contributed by atoms with E-state index in [1.165, 1.54) is 0 Å². The van der Waals surface area contributed by atoms with E-state index >= 15 is 0 Å². The fourth-order valence-corrected chi connectivity index (χ4v) is 3.58. The number of nitrogens with one attached hydrogen (secondary N) is 2. The second kappa shape index (κ2) is 9.07. The standard InChI is InChI=1S/C22H25N3O3S/c1-14-10-15(2)20-16(11-14)12-17(21(27)24-20)13-25(8-9-26)22(29)23-18-4-6-19(28-3)7-5-18/h4-7,10-12,26H,8-9,13H2,1-3H3,(H,23,29)(H,24,27). The summed E-state index contributed by atoms with van der Waals surface area (Å²) in [7, 11) is 1.61. The molecule has 3 N–H and O–H groups in total. The van der Waals surface area contributed by atoms with Crippen LogP contribution in [0.5, 0.6) is 5.75 Å². The van der Waals surface area contributed by atoms with Gasteiger partial charge in [-0.05, 0) is 73.4 Å². The summed E-state index contributed by atoms with van der Waals surface area (Å²) >= 11 is 5.52. The van der Waals surface area contributed by atoms with Gasteiger partial charge < -0.3 is 25.0 Å². The zero-order chi connectivity index (χ0) is 21.0. The van der Waals surface area contributed by atoms with E-state index in [1.807, 2.05) is 56.3 Å². The summed E-state index contributed by atoms with van der Waals surface area (Å²) in [4.78, 5) is 17.4. The Morgan fingerprint density at radius 1 is 1.21 bits per heavy atom. The van der Waals surface area contributed by atoms with Crippen LogP contribution in [-0.4, -0.2) is 40.4 Å². The molecule has 7 heteroatoms. The molecule has 0 aliphatic carbocycles. The van der Waals surface area contributed by atoms with Gasteiger partial charge in [0.25, 0.3) is 5.56 Å². The number of anilines is 1. The van der Waals surface area contributed by atoms with Crippen molar-refractivity contribution in [3.8, 4) is 5.75 Å². The molecule has 0 amide bonds. The number of thiocarbonyl (C=S) groups is 1. The number of aryl methyl sites for hydroxylation is 2. The van der Waals surface area contributed by atoms with Gasteiger partial charge in [-0.1, -0.05) is 11.6 Å². The summed E-state index contributed by atoms with van der Waals surface area (Å²) in [5, 5.41) is 14.0. The molecule has 1 aromatic heterocycles. The van der Waals surface area contributed by atoms with Crippen molar-refractivity contribution in [2.75, 3.05) is 25.6 Å². The number of nitrogens with zero attached hydrogens (tertiary/aromatic N) is 1. The summed E-state index contributed by atoms with van der Waals surface area (Å²) in [6.07, 6.45) is 0. The Labute approximate surface area is 175 Å². The number of aliphatic hydroxyl groups is 1. The predicted octanol–water partition coefficient (Wildman–Crippen LogP) is 3.34. The second-order valence-electron chi connectivity index (χ2n) is 6.97. The van der Waals surface area contributed by atoms with Crippen LogP contribution < -0.4 is 15.6 Å². The number of aliphatic hydroxyl groups excluding tert-OH is 1. The summed E-state index contributed by atoms with van der Waals surface area (Å²) in [6.45, 7) is 4.54. The minimum Gasteiger partial charge on any atom is -0.497 e. The second-order valence-corrected chi connectivity index (χ2v) is 7.36. The predicted molar refractivity (Wildman–Crippen MR) is 121 cm³/mol. The molecule has 6 nitrogen and oxygen atoms in total. The van der Waals surface area contributed by atoms with Crippen molar-refractivity contribution in [1.82, 2.24) is 9.88 Å². The fraction of sp³-hybridized carbons (Fsp3) is 0.273. The van der Waals surface area contributed by atoms with E-state index in [0.717, 1.165) is 33.5 Å². The molecule has 0 atom stereocenters. The normalized spacial score (nSPS) is 10.8. The minimum atomic E-state index is -0.153. The lowest BCUT2D eigenvalue weighted by Crippen LogP contribution is -2.37. The summed E-state index contributed by atoms with van der Waals surface area (Å²) in [5.74, 6) is 0.752. The van der Waals surface area contributed by atoms with Gasteiger partial charge in [-0.15, -0.1) is 0 Å². The molecule has 0 unspecified atom stereocenters. The average molecular weight is 412 g/mol. The number of ether oxygens (including phenoxy) is 1. The molecule has 0 aliphatic rings. The summed E-state index contributed by atoms with van der Waals surface area (Å²) in [6, 6.07) is 13.4. The molecule has 0 saturated heterocycles. The molecule has 29 heavy (non-hydrogen) atoms. The van der Waals surface area contributed by atoms with Gasteiger partial charge in [-0.25, -0.2) is 0 Å². The maximum Gasteiger partial charge on any atom is 0.253 e. The Morgan fingerprint density at radius 3 is 2.59 bits per heavy atom. The first-order valence-corrected chi connectivity index (χ1v) is 9.76. The van der Waals surface area contributed by atoms with Crippen LogP contribution in [0.25, 0.3) is 10.9 Å². The molecule has 152 valence electrons. The Balaban J connectivity index is 1.84. The topological polar surface area (TPSA) is 77.6 Å². The number of hydrogen-bond acceptors (Lipinski definition) is 4. The van der Waals surface area contributed by atoms with E-state index in [0.29, 0.717) is 23.8 Å². The van der Waals surface area contributed by atoms with E-state index in [4.69, 9.17) is 17.0 Å². The number of methoxy groups -OCH3 is 1. The highest BCUT2D eigenvalue weighted by Gasteiger charge is 2.14. The van der Waals surface area contributed by atoms with Gasteiger partial charge in [0, 0.05) is 17.8 Å². The average Bonchev–Trinajstić information content (AvgIpc) is 2.69. The third kappa shape index (κ3) is 4.93. The number of aromatic nitrogens is 1. The molecular weight excluding hydrogens is 386 g/mol. The first-order valence-electron chi connectivity index (χ1n) is 9.35. The number of H-pyrrole nitrogens is 1. The highest BCUT2D eigenvalue weighted by molar-refractivity contribution is 7.80. The van der Waals surface area contributed by atoms with Crippen LogP contribution >= 0.6 is 12.2 Å². The zero-order valence-corrected chi connectivity index (χ0v) is 17.6. The highest BCUT2D eigenvalue weighted by Crippen LogP contribution is 2.19. The Kier molecular flexibility index (Phi) is 6.51. The van der Waals surface area contributed by atoms with Crippen LogP contribution in [0.4, 0.5) is 5.69 Å². The number of benzene rings is 2. The number of aromatic amines is 1. The lowest BCUT2D eigenvalue weighted by atomic mass is 10.1. The van der Waals surface area contributed by atoms with Crippen LogP contribution in [0.15, 0.2) is 47.3 Å². The maximum atomic E-state index is 12.6. The Morgan fingerprint density at radius 2 is 1.93 bits per heavy atom. The highest BCUT2D eigenvalue weighted by atomic mass is 32.1. The van der Waals surface area contributed by atoms with Crippen molar-refractivity contribution in [3.05, 3.63) is 69.5 Å². The Bertz CT molecular complexity index is 1080. The van der Waals surface area contributed by atoms with Gasteiger partial charge >= 0.3 is 0 Å². The third-order valence-electron chi connectivity index (χ3n) is 4.73. The molecule has 2 aromatic carbocycles. The molecule has 3 aromatic rings. The van der Waals surface area contributed by atoms with Gasteiger partial charge in [0.15, 0.2) is 5.11 Å². The monoisotopic (exact) mass is 411 g/mol. The third-order valence-corrected chi connectivity index (χ3v) is 5.09. The van der Waals surface area contributed by atoms with Gasteiger partial charge in [0.1, 0.15) is 5.75 Å². The first-order chi connectivity index (χ1) is 13.9. The number of pyridine rings is 1. The molecular formula is C22H25N3O3S. The maximum absolute atomic E-state index is 12.6. The van der Waals surface area contributed by atoms with Gasteiger partial charge in [0.2, 0.25) is 0 Å². The smallest absolute Gasteiger partial charge is 0.253 e. The zero-order valence-electron chi connectivity index (χ0n) is 16.8. The molecule has 0 radical (unpaired) electrons. The van der Waals surface area contributed by atoms with Gasteiger partial charge in [0.05, 0.1) is 25.8 Å². The molecule has 1 heterocycles. The van der Waals surface area contributed by atoms with Crippen molar-refractivity contribution in [1.29, 1.82) is 0 Å². The van der Waals surface area contributed by atoms with Crippen LogP contribution in [0.2, 0.25) is 0 Å². The van der Waals surface area contributed by atoms with Gasteiger partial charge in [-0.3, -0.25) is 4.79 Å². The number of fused-ring (bicyclic) bond motifs is 1. The van der Waals surface area contributed by atoms with Crippen molar-refractivity contribution >= 4 is 33.9 Å². The van der Waals surface area contributed by atoms with Crippen LogP contribution in [0.3, 0.4) is 0 Å². The molecule has 0 bridgehead atoms. The van der Waals surface area contributed by atoms with E-state index in [1.54, 1.807) is 12.0 Å². The minimum absolute atomic E-state index is 0.0753. The fourth-order valence-electron chi connectivity index (χ4n) is 3.31. The van der Waals surface area contributed by atoms with E-state index < -0.39 is 0 Å². The summed E-state index contributed by atoms with van der Waals surface area (Å²) in [5.41, 5.74) is 4.26. The molecule has 0 spiro atoms. The SMILES string of the molecule is COc1ccc(NC(=S)N(CCO)Cc2cc3cc(C)cc(C)c3[nH]c2=O)cc1. The lowest BCUT2D eigenvalue weighted by Gasteiger charge is -2.25. The van der Waals surface area contributed by atoms with Crippen LogP contribution in [-0.2, 0) is 6.54 Å². The summed E-state index contributed by atoms with van der Waals surface area (Å²) < 4.78 is 5.16. The van der Waals surface area contributed by atoms with Crippen LogP contribution in [0.1, 0.15) is 16.7 Å². The van der Waals surface area contributed by atoms with Crippen molar-refractivity contribution < 1.29 is 9.84 Å². The van der Waals surface area contributed by atoms with E-state index in [9.17, 15) is 9.90 Å². The quantitative estimate of drug-likeness (QED) is 0.540. The van der Waals surface area contributed by atoms with E-state index in [2.05, 4.69) is 10.3 Å². The van der Waals surface area contributed by atoms with E-state index in [-0.39, 0.29) is 12.2 Å². The van der Waals surface area contributed by atoms with Gasteiger partial charge in [-0.2, -0.15) is 0 Å². The number of rotatable bonds is 6. The number of hydrogen-bond donors (Lipinski definition) is 3. The lowest BCUT2D eigenvalue weighted by molar-refractivity contribution is 0.248. The van der Waals surface area contributed by atoms with Crippen molar-refractivity contribution in [2.45, 2.75) is 20.4 Å². The molecule has 0 aliphatic heterocycles.